The highest BCUT2D eigenvalue weighted by Crippen LogP contribution is 2.25. The van der Waals surface area contributed by atoms with Crippen molar-refractivity contribution in [3.8, 4) is 5.75 Å². The fourth-order valence-corrected chi connectivity index (χ4v) is 5.07. The Morgan fingerprint density at radius 1 is 1.06 bits per heavy atom. The van der Waals surface area contributed by atoms with Gasteiger partial charge in [-0.25, -0.2) is 8.42 Å². The zero-order chi connectivity index (χ0) is 22.6. The largest absolute Gasteiger partial charge is 0.489 e. The van der Waals surface area contributed by atoms with E-state index in [4.69, 9.17) is 9.15 Å². The van der Waals surface area contributed by atoms with Gasteiger partial charge in [-0.1, -0.05) is 25.1 Å². The quantitative estimate of drug-likeness (QED) is 0.567. The number of carbonyl (C=O) groups excluding carboxylic acids is 1. The van der Waals surface area contributed by atoms with Gasteiger partial charge in [-0.2, -0.15) is 4.31 Å². The summed E-state index contributed by atoms with van der Waals surface area (Å²) in [5.74, 6) is 0.964. The maximum Gasteiger partial charge on any atom is 0.291 e. The predicted molar refractivity (Wildman–Crippen MR) is 121 cm³/mol. The van der Waals surface area contributed by atoms with Crippen molar-refractivity contribution < 1.29 is 22.4 Å². The molecule has 3 aromatic rings. The zero-order valence-corrected chi connectivity index (χ0v) is 18.7. The number of ether oxygens (including phenoxy) is 1. The van der Waals surface area contributed by atoms with E-state index >= 15 is 0 Å². The van der Waals surface area contributed by atoms with Gasteiger partial charge in [0, 0.05) is 24.3 Å². The molecule has 4 rings (SSSR count). The summed E-state index contributed by atoms with van der Waals surface area (Å²) < 4.78 is 38.3. The summed E-state index contributed by atoms with van der Waals surface area (Å²) in [4.78, 5) is 12.9. The smallest absolute Gasteiger partial charge is 0.291 e. The van der Waals surface area contributed by atoms with Crippen molar-refractivity contribution in [2.24, 2.45) is 5.92 Å². The second-order valence-corrected chi connectivity index (χ2v) is 9.88. The summed E-state index contributed by atoms with van der Waals surface area (Å²) in [6, 6.07) is 17.2. The van der Waals surface area contributed by atoms with Crippen LogP contribution in [0.3, 0.4) is 0 Å². The minimum absolute atomic E-state index is 0.153. The molecule has 2 aromatic carbocycles. The number of benzene rings is 2. The van der Waals surface area contributed by atoms with E-state index in [0.717, 1.165) is 12.8 Å². The molecule has 0 saturated carbocycles. The molecule has 168 valence electrons. The van der Waals surface area contributed by atoms with Crippen LogP contribution < -0.4 is 10.1 Å². The van der Waals surface area contributed by atoms with Gasteiger partial charge in [-0.05, 0) is 61.2 Å². The van der Waals surface area contributed by atoms with Crippen LogP contribution in [-0.2, 0) is 16.6 Å². The van der Waals surface area contributed by atoms with E-state index in [9.17, 15) is 13.2 Å². The fraction of sp³-hybridized carbons (Fsp3) is 0.292. The lowest BCUT2D eigenvalue weighted by Gasteiger charge is -2.29. The molecule has 1 aromatic heterocycles. The number of nitrogens with zero attached hydrogens (tertiary/aromatic N) is 1. The highest BCUT2D eigenvalue weighted by Gasteiger charge is 2.28. The Morgan fingerprint density at radius 3 is 2.44 bits per heavy atom. The summed E-state index contributed by atoms with van der Waals surface area (Å²) in [6.07, 6.45) is 3.17. The first kappa shape index (κ1) is 22.1. The van der Waals surface area contributed by atoms with E-state index in [0.29, 0.717) is 36.0 Å². The van der Waals surface area contributed by atoms with E-state index in [1.807, 2.05) is 30.3 Å². The predicted octanol–water partition coefficient (Wildman–Crippen LogP) is 4.53. The van der Waals surface area contributed by atoms with E-state index < -0.39 is 15.9 Å². The lowest BCUT2D eigenvalue weighted by atomic mass is 10.0. The topological polar surface area (TPSA) is 88.9 Å². The molecule has 1 saturated heterocycles. The van der Waals surface area contributed by atoms with Crippen LogP contribution in [0.4, 0.5) is 5.69 Å². The summed E-state index contributed by atoms with van der Waals surface area (Å²) in [5, 5.41) is 2.75. The molecule has 0 atom stereocenters. The van der Waals surface area contributed by atoms with Crippen LogP contribution in [-0.4, -0.2) is 31.7 Å². The van der Waals surface area contributed by atoms with Gasteiger partial charge < -0.3 is 14.5 Å². The Bertz CT molecular complexity index is 1150. The van der Waals surface area contributed by atoms with E-state index in [1.165, 1.54) is 22.7 Å². The Kier molecular flexibility index (Phi) is 6.62. The number of nitrogens with one attached hydrogen (secondary N) is 1. The lowest BCUT2D eigenvalue weighted by Crippen LogP contribution is -2.37. The Labute approximate surface area is 188 Å². The Hall–Kier alpha value is -3.10. The first-order valence-corrected chi connectivity index (χ1v) is 12.0. The average Bonchev–Trinajstić information content (AvgIpc) is 3.28. The maximum absolute atomic E-state index is 12.9. The third kappa shape index (κ3) is 5.03. The van der Waals surface area contributed by atoms with Gasteiger partial charge >= 0.3 is 0 Å². The molecule has 0 radical (unpaired) electrons. The van der Waals surface area contributed by atoms with Gasteiger partial charge in [0.1, 0.15) is 12.4 Å². The molecule has 7 nitrogen and oxygen atoms in total. The average molecular weight is 455 g/mol. The third-order valence-corrected chi connectivity index (χ3v) is 7.50. The molecule has 1 aliphatic rings. The summed E-state index contributed by atoms with van der Waals surface area (Å²) in [5.41, 5.74) is 1.09. The molecule has 32 heavy (non-hydrogen) atoms. The van der Waals surface area contributed by atoms with Crippen LogP contribution in [0.25, 0.3) is 0 Å². The molecule has 1 fully saturated rings. The molecule has 2 heterocycles. The lowest BCUT2D eigenvalue weighted by molar-refractivity contribution is 0.0993. The number of hydrogen-bond acceptors (Lipinski definition) is 5. The molecule has 1 N–H and O–H groups in total. The number of furan rings is 1. The standard InChI is InChI=1S/C24H26N2O5S/c1-18-11-14-26(15-12-18)32(28,29)22-9-7-20(8-10-22)25-24(27)23-19(13-16-30-23)17-31-21-5-3-2-4-6-21/h2-10,13,16,18H,11-12,14-15,17H2,1H3,(H,25,27). The van der Waals surface area contributed by atoms with Crippen molar-refractivity contribution in [2.75, 3.05) is 18.4 Å². The van der Waals surface area contributed by atoms with Gasteiger partial charge in [0.2, 0.25) is 10.0 Å². The maximum atomic E-state index is 12.9. The van der Waals surface area contributed by atoms with Gasteiger partial charge in [-0.15, -0.1) is 0 Å². The number of piperidine rings is 1. The number of sulfonamides is 1. The molecule has 0 aliphatic carbocycles. The molecule has 0 spiro atoms. The van der Waals surface area contributed by atoms with Gasteiger partial charge in [0.25, 0.3) is 5.91 Å². The van der Waals surface area contributed by atoms with E-state index in [2.05, 4.69) is 12.2 Å². The van der Waals surface area contributed by atoms with Crippen LogP contribution in [0.2, 0.25) is 0 Å². The molecule has 1 amide bonds. The van der Waals surface area contributed by atoms with Crippen LogP contribution >= 0.6 is 0 Å². The van der Waals surface area contributed by atoms with Gasteiger partial charge in [-0.3, -0.25) is 4.79 Å². The van der Waals surface area contributed by atoms with Crippen LogP contribution in [0.1, 0.15) is 35.9 Å². The second kappa shape index (κ2) is 9.58. The molecular weight excluding hydrogens is 428 g/mol. The Morgan fingerprint density at radius 2 is 1.75 bits per heavy atom. The fourth-order valence-electron chi connectivity index (χ4n) is 3.60. The van der Waals surface area contributed by atoms with Gasteiger partial charge in [0.15, 0.2) is 5.76 Å². The highest BCUT2D eigenvalue weighted by molar-refractivity contribution is 7.89. The third-order valence-electron chi connectivity index (χ3n) is 5.58. The molecular formula is C24H26N2O5S. The van der Waals surface area contributed by atoms with Crippen molar-refractivity contribution in [1.29, 1.82) is 0 Å². The molecule has 0 unspecified atom stereocenters. The highest BCUT2D eigenvalue weighted by atomic mass is 32.2. The molecule has 1 aliphatic heterocycles. The van der Waals surface area contributed by atoms with E-state index in [1.54, 1.807) is 18.2 Å². The number of hydrogen-bond donors (Lipinski definition) is 1. The minimum atomic E-state index is -3.53. The van der Waals surface area contributed by atoms with Crippen molar-refractivity contribution >= 4 is 21.6 Å². The zero-order valence-electron chi connectivity index (χ0n) is 17.9. The SMILES string of the molecule is CC1CCN(S(=O)(=O)c2ccc(NC(=O)c3occc3COc3ccccc3)cc2)CC1. The summed E-state index contributed by atoms with van der Waals surface area (Å²) in [6.45, 7) is 3.40. The van der Waals surface area contributed by atoms with E-state index in [-0.39, 0.29) is 17.3 Å². The number of amides is 1. The minimum Gasteiger partial charge on any atom is -0.489 e. The van der Waals surface area contributed by atoms with Crippen molar-refractivity contribution in [3.05, 3.63) is 78.3 Å². The number of anilines is 1. The van der Waals surface area contributed by atoms with Crippen LogP contribution in [0.15, 0.2) is 76.2 Å². The Balaban J connectivity index is 1.40. The molecule has 8 heteroatoms. The van der Waals surface area contributed by atoms with Crippen molar-refractivity contribution in [3.63, 3.8) is 0 Å². The first-order chi connectivity index (χ1) is 15.4. The summed E-state index contributed by atoms with van der Waals surface area (Å²) >= 11 is 0. The first-order valence-electron chi connectivity index (χ1n) is 10.6. The second-order valence-electron chi connectivity index (χ2n) is 7.94. The van der Waals surface area contributed by atoms with Gasteiger partial charge in [0.05, 0.1) is 11.2 Å². The van der Waals surface area contributed by atoms with Crippen LogP contribution in [0.5, 0.6) is 5.75 Å². The number of para-hydroxylation sites is 1. The monoisotopic (exact) mass is 454 g/mol. The van der Waals surface area contributed by atoms with Crippen molar-refractivity contribution in [1.82, 2.24) is 4.31 Å². The molecule has 0 bridgehead atoms. The number of rotatable bonds is 7. The number of carbonyl (C=O) groups is 1. The normalized spacial score (nSPS) is 15.4. The van der Waals surface area contributed by atoms with Crippen molar-refractivity contribution in [2.45, 2.75) is 31.3 Å². The summed E-state index contributed by atoms with van der Waals surface area (Å²) in [7, 11) is -3.53. The van der Waals surface area contributed by atoms with Crippen LogP contribution in [0, 0.1) is 5.92 Å².